The summed E-state index contributed by atoms with van der Waals surface area (Å²) >= 11 is 0. The van der Waals surface area contributed by atoms with Crippen LogP contribution in [-0.4, -0.2) is 41.6 Å². The summed E-state index contributed by atoms with van der Waals surface area (Å²) in [6.07, 6.45) is 0.276. The lowest BCUT2D eigenvalue weighted by Gasteiger charge is -2.16. The zero-order valence-corrected chi connectivity index (χ0v) is 10.2. The molecule has 0 aromatic carbocycles. The van der Waals surface area contributed by atoms with Gasteiger partial charge in [0.25, 0.3) is 0 Å². The van der Waals surface area contributed by atoms with E-state index in [1.165, 1.54) is 6.92 Å². The first-order valence-corrected chi connectivity index (χ1v) is 5.49. The standard InChI is InChI=1S/C10H19N3O4/c1-4-7(9(15)16)13-10(17)12-6(3)8(14)11-5-2/h6-7H,4-5H2,1-3H3,(H,11,14)(H,15,16)(H2,12,13,17)/t6?,7-/m0/s1. The van der Waals surface area contributed by atoms with Crippen LogP contribution in [-0.2, 0) is 9.59 Å². The van der Waals surface area contributed by atoms with Crippen LogP contribution >= 0.6 is 0 Å². The van der Waals surface area contributed by atoms with Crippen LogP contribution in [0.2, 0.25) is 0 Å². The van der Waals surface area contributed by atoms with Crippen molar-refractivity contribution < 1.29 is 19.5 Å². The second kappa shape index (κ2) is 7.48. The molecule has 0 aliphatic rings. The van der Waals surface area contributed by atoms with Crippen LogP contribution in [0.3, 0.4) is 0 Å². The highest BCUT2D eigenvalue weighted by molar-refractivity contribution is 5.88. The zero-order valence-electron chi connectivity index (χ0n) is 10.2. The van der Waals surface area contributed by atoms with Crippen molar-refractivity contribution in [2.45, 2.75) is 39.3 Å². The fraction of sp³-hybridized carbons (Fsp3) is 0.700. The van der Waals surface area contributed by atoms with E-state index in [2.05, 4.69) is 16.0 Å². The molecule has 7 nitrogen and oxygen atoms in total. The lowest BCUT2D eigenvalue weighted by Crippen LogP contribution is -2.52. The Morgan fingerprint density at radius 1 is 1.18 bits per heavy atom. The van der Waals surface area contributed by atoms with Crippen LogP contribution in [0.15, 0.2) is 0 Å². The average molecular weight is 245 g/mol. The van der Waals surface area contributed by atoms with E-state index in [1.54, 1.807) is 13.8 Å². The van der Waals surface area contributed by atoms with Crippen molar-refractivity contribution in [1.82, 2.24) is 16.0 Å². The van der Waals surface area contributed by atoms with Gasteiger partial charge in [-0.3, -0.25) is 4.79 Å². The maximum atomic E-state index is 11.4. The third kappa shape index (κ3) is 5.74. The third-order valence-corrected chi connectivity index (χ3v) is 2.10. The van der Waals surface area contributed by atoms with Gasteiger partial charge in [-0.05, 0) is 20.3 Å². The molecule has 0 rings (SSSR count). The molecule has 0 aromatic rings. The summed E-state index contributed by atoms with van der Waals surface area (Å²) in [4.78, 5) is 33.3. The molecule has 0 spiro atoms. The minimum absolute atomic E-state index is 0.276. The number of carboxylic acid groups (broad SMARTS) is 1. The monoisotopic (exact) mass is 245 g/mol. The van der Waals surface area contributed by atoms with Crippen LogP contribution in [0, 0.1) is 0 Å². The minimum atomic E-state index is -1.10. The van der Waals surface area contributed by atoms with Crippen molar-refractivity contribution >= 4 is 17.9 Å². The first kappa shape index (κ1) is 15.2. The topological polar surface area (TPSA) is 108 Å². The van der Waals surface area contributed by atoms with E-state index < -0.39 is 24.1 Å². The lowest BCUT2D eigenvalue weighted by molar-refractivity contribution is -0.139. The van der Waals surface area contributed by atoms with E-state index in [1.807, 2.05) is 0 Å². The maximum Gasteiger partial charge on any atom is 0.326 e. The number of likely N-dealkylation sites (N-methyl/N-ethyl adjacent to an activating group) is 1. The molecule has 0 bridgehead atoms. The Morgan fingerprint density at radius 3 is 2.18 bits per heavy atom. The maximum absolute atomic E-state index is 11.4. The van der Waals surface area contributed by atoms with Crippen LogP contribution in [0.25, 0.3) is 0 Å². The number of hydrogen-bond acceptors (Lipinski definition) is 3. The number of urea groups is 1. The van der Waals surface area contributed by atoms with Gasteiger partial charge in [0.05, 0.1) is 0 Å². The summed E-state index contributed by atoms with van der Waals surface area (Å²) in [7, 11) is 0. The van der Waals surface area contributed by atoms with E-state index >= 15 is 0 Å². The van der Waals surface area contributed by atoms with Gasteiger partial charge in [0.2, 0.25) is 5.91 Å². The van der Waals surface area contributed by atoms with Gasteiger partial charge in [-0.1, -0.05) is 6.92 Å². The van der Waals surface area contributed by atoms with Gasteiger partial charge in [-0.25, -0.2) is 9.59 Å². The molecule has 1 unspecified atom stereocenters. The van der Waals surface area contributed by atoms with Crippen LogP contribution in [0.1, 0.15) is 27.2 Å². The first-order chi connectivity index (χ1) is 7.92. The molecular weight excluding hydrogens is 226 g/mol. The van der Waals surface area contributed by atoms with Gasteiger partial charge in [0.15, 0.2) is 0 Å². The second-order valence-corrected chi connectivity index (χ2v) is 3.53. The largest absolute Gasteiger partial charge is 0.480 e. The van der Waals surface area contributed by atoms with Crippen molar-refractivity contribution in [2.75, 3.05) is 6.54 Å². The van der Waals surface area contributed by atoms with Crippen molar-refractivity contribution in [1.29, 1.82) is 0 Å². The summed E-state index contributed by atoms with van der Waals surface area (Å²) in [5, 5.41) is 15.9. The van der Waals surface area contributed by atoms with Crippen molar-refractivity contribution in [3.63, 3.8) is 0 Å². The summed E-state index contributed by atoms with van der Waals surface area (Å²) < 4.78 is 0. The Hall–Kier alpha value is -1.79. The molecular formula is C10H19N3O4. The van der Waals surface area contributed by atoms with E-state index in [0.29, 0.717) is 6.54 Å². The molecule has 0 aliphatic heterocycles. The SMILES string of the molecule is CCNC(=O)C(C)NC(=O)N[C@@H](CC)C(=O)O. The molecule has 0 aromatic heterocycles. The number of carboxylic acids is 1. The molecule has 7 heteroatoms. The molecule has 0 heterocycles. The number of nitrogens with one attached hydrogen (secondary N) is 3. The Bertz CT molecular complexity index is 293. The number of amides is 3. The van der Waals surface area contributed by atoms with Crippen molar-refractivity contribution in [3.8, 4) is 0 Å². The normalized spacial score (nSPS) is 13.4. The predicted molar refractivity (Wildman–Crippen MR) is 61.5 cm³/mol. The minimum Gasteiger partial charge on any atom is -0.480 e. The Labute approximate surface area is 100.0 Å². The highest BCUT2D eigenvalue weighted by Gasteiger charge is 2.20. The van der Waals surface area contributed by atoms with Gasteiger partial charge >= 0.3 is 12.0 Å². The quantitative estimate of drug-likeness (QED) is 0.514. The molecule has 0 aliphatic carbocycles. The van der Waals surface area contributed by atoms with E-state index in [4.69, 9.17) is 5.11 Å². The third-order valence-electron chi connectivity index (χ3n) is 2.10. The molecule has 17 heavy (non-hydrogen) atoms. The second-order valence-electron chi connectivity index (χ2n) is 3.53. The molecule has 3 amide bonds. The Morgan fingerprint density at radius 2 is 1.76 bits per heavy atom. The van der Waals surface area contributed by atoms with Crippen LogP contribution in [0.5, 0.6) is 0 Å². The molecule has 98 valence electrons. The highest BCUT2D eigenvalue weighted by atomic mass is 16.4. The van der Waals surface area contributed by atoms with E-state index in [9.17, 15) is 14.4 Å². The number of aliphatic carboxylic acids is 1. The fourth-order valence-electron chi connectivity index (χ4n) is 1.13. The average Bonchev–Trinajstić information content (AvgIpc) is 2.25. The smallest absolute Gasteiger partial charge is 0.326 e. The predicted octanol–water partition coefficient (Wildman–Crippen LogP) is -0.327. The number of carbonyl (C=O) groups is 3. The molecule has 0 saturated heterocycles. The summed E-state index contributed by atoms with van der Waals surface area (Å²) in [6, 6.07) is -2.32. The van der Waals surface area contributed by atoms with Gasteiger partial charge < -0.3 is 21.1 Å². The van der Waals surface area contributed by atoms with Gasteiger partial charge in [-0.15, -0.1) is 0 Å². The van der Waals surface area contributed by atoms with Gasteiger partial charge in [0.1, 0.15) is 12.1 Å². The van der Waals surface area contributed by atoms with E-state index in [0.717, 1.165) is 0 Å². The number of hydrogen-bond donors (Lipinski definition) is 4. The first-order valence-electron chi connectivity index (χ1n) is 5.49. The molecule has 0 radical (unpaired) electrons. The Balaban J connectivity index is 4.17. The van der Waals surface area contributed by atoms with E-state index in [-0.39, 0.29) is 12.3 Å². The number of carbonyl (C=O) groups excluding carboxylic acids is 2. The van der Waals surface area contributed by atoms with Gasteiger partial charge in [0, 0.05) is 6.54 Å². The zero-order chi connectivity index (χ0) is 13.4. The molecule has 0 fully saturated rings. The van der Waals surface area contributed by atoms with Gasteiger partial charge in [-0.2, -0.15) is 0 Å². The van der Waals surface area contributed by atoms with Crippen molar-refractivity contribution in [3.05, 3.63) is 0 Å². The van der Waals surface area contributed by atoms with Crippen LogP contribution < -0.4 is 16.0 Å². The Kier molecular flexibility index (Phi) is 6.69. The van der Waals surface area contributed by atoms with Crippen molar-refractivity contribution in [2.24, 2.45) is 0 Å². The summed E-state index contributed by atoms with van der Waals surface area (Å²) in [6.45, 7) is 5.40. The molecule has 2 atom stereocenters. The molecule has 4 N–H and O–H groups in total. The summed E-state index contributed by atoms with van der Waals surface area (Å²) in [5.74, 6) is -1.42. The lowest BCUT2D eigenvalue weighted by atomic mass is 10.2. The summed E-state index contributed by atoms with van der Waals surface area (Å²) in [5.41, 5.74) is 0. The highest BCUT2D eigenvalue weighted by Crippen LogP contribution is 1.91. The molecule has 0 saturated carbocycles. The van der Waals surface area contributed by atoms with Crippen LogP contribution in [0.4, 0.5) is 4.79 Å². The number of rotatable bonds is 6. The fourth-order valence-corrected chi connectivity index (χ4v) is 1.13.